The number of fused-ring (bicyclic) bond motifs is 1. The maximum Gasteiger partial charge on any atom is 0.225 e. The fourth-order valence-electron chi connectivity index (χ4n) is 3.83. The summed E-state index contributed by atoms with van der Waals surface area (Å²) in [6, 6.07) is 10.5. The van der Waals surface area contributed by atoms with Crippen molar-refractivity contribution in [2.45, 2.75) is 39.3 Å². The van der Waals surface area contributed by atoms with Gasteiger partial charge < -0.3 is 10.2 Å². The lowest BCUT2D eigenvalue weighted by Crippen LogP contribution is -2.31. The van der Waals surface area contributed by atoms with Crippen molar-refractivity contribution in [3.63, 3.8) is 0 Å². The molecule has 1 aliphatic carbocycles. The van der Waals surface area contributed by atoms with Crippen LogP contribution in [0.5, 0.6) is 0 Å². The van der Waals surface area contributed by atoms with Gasteiger partial charge in [0.05, 0.1) is 17.9 Å². The van der Waals surface area contributed by atoms with E-state index < -0.39 is 0 Å². The molecular weight excluding hydrogens is 348 g/mol. The zero-order valence-corrected chi connectivity index (χ0v) is 16.6. The Morgan fingerprint density at radius 3 is 2.68 bits per heavy atom. The van der Waals surface area contributed by atoms with Crippen molar-refractivity contribution >= 4 is 11.8 Å². The van der Waals surface area contributed by atoms with E-state index in [2.05, 4.69) is 63.3 Å². The van der Waals surface area contributed by atoms with Gasteiger partial charge in [0.1, 0.15) is 5.82 Å². The number of nitrogens with zero attached hydrogens (tertiary/aromatic N) is 5. The lowest BCUT2D eigenvalue weighted by molar-refractivity contribution is 0.286. The number of benzene rings is 1. The van der Waals surface area contributed by atoms with Crippen LogP contribution in [0.2, 0.25) is 0 Å². The van der Waals surface area contributed by atoms with E-state index in [0.717, 1.165) is 42.4 Å². The molecule has 0 aliphatic heterocycles. The minimum absolute atomic E-state index is 0.129. The minimum atomic E-state index is 0.129. The second-order valence-corrected chi connectivity index (χ2v) is 8.25. The van der Waals surface area contributed by atoms with Gasteiger partial charge >= 0.3 is 0 Å². The van der Waals surface area contributed by atoms with Crippen LogP contribution in [0.4, 0.5) is 11.8 Å². The fraction of sp³-hybridized carbons (Fsp3) is 0.364. The highest BCUT2D eigenvalue weighted by Crippen LogP contribution is 2.41. The average molecular weight is 374 g/mol. The van der Waals surface area contributed by atoms with E-state index in [9.17, 15) is 0 Å². The molecule has 1 aromatic carbocycles. The third-order valence-electron chi connectivity index (χ3n) is 5.15. The molecule has 6 heteroatoms. The Bertz CT molecular complexity index is 926. The van der Waals surface area contributed by atoms with Gasteiger partial charge in [-0.3, -0.25) is 4.98 Å². The zero-order chi connectivity index (χ0) is 19.6. The number of nitrogens with one attached hydrogen (secondary N) is 1. The summed E-state index contributed by atoms with van der Waals surface area (Å²) < 4.78 is 0. The summed E-state index contributed by atoms with van der Waals surface area (Å²) in [5, 5.41) is 3.51. The van der Waals surface area contributed by atoms with Gasteiger partial charge in [0.15, 0.2) is 0 Å². The fourth-order valence-corrected chi connectivity index (χ4v) is 3.83. The predicted molar refractivity (Wildman–Crippen MR) is 111 cm³/mol. The first kappa shape index (κ1) is 18.3. The molecule has 2 aromatic heterocycles. The molecule has 0 spiro atoms. The largest absolute Gasteiger partial charge is 0.362 e. The van der Waals surface area contributed by atoms with E-state index >= 15 is 0 Å². The van der Waals surface area contributed by atoms with Crippen LogP contribution in [-0.4, -0.2) is 27.0 Å². The molecule has 0 radical (unpaired) electrons. The van der Waals surface area contributed by atoms with E-state index in [1.165, 1.54) is 5.56 Å². The molecule has 0 bridgehead atoms. The molecule has 0 amide bonds. The van der Waals surface area contributed by atoms with Crippen molar-refractivity contribution < 1.29 is 0 Å². The Kier molecular flexibility index (Phi) is 4.94. The molecule has 2 heterocycles. The third kappa shape index (κ3) is 4.11. The van der Waals surface area contributed by atoms with E-state index in [4.69, 9.17) is 4.98 Å². The zero-order valence-electron chi connectivity index (χ0n) is 16.6. The highest BCUT2D eigenvalue weighted by molar-refractivity contribution is 5.41. The van der Waals surface area contributed by atoms with Gasteiger partial charge in [-0.2, -0.15) is 0 Å². The van der Waals surface area contributed by atoms with Crippen LogP contribution >= 0.6 is 0 Å². The van der Waals surface area contributed by atoms with Crippen LogP contribution in [0.15, 0.2) is 55.1 Å². The van der Waals surface area contributed by atoms with Gasteiger partial charge in [-0.15, -0.1) is 0 Å². The summed E-state index contributed by atoms with van der Waals surface area (Å²) in [4.78, 5) is 20.2. The summed E-state index contributed by atoms with van der Waals surface area (Å²) in [7, 11) is 2.04. The quantitative estimate of drug-likeness (QED) is 0.727. The summed E-state index contributed by atoms with van der Waals surface area (Å²) in [6.45, 7) is 5.36. The Hall–Kier alpha value is -3.02. The Balaban J connectivity index is 1.59. The normalized spacial score (nSPS) is 17.6. The van der Waals surface area contributed by atoms with Gasteiger partial charge in [0.25, 0.3) is 0 Å². The SMILES string of the molecule is CN(Cc1ccccc1)c1ncc2c(n1)CC(C)(C)C[C@@H]2Nc1cnccn1. The molecule has 3 aromatic rings. The standard InChI is InChI=1S/C22H26N6/c1-22(2)11-18(26-20-14-23-9-10-24-20)17-13-25-21(27-19(17)12-22)28(3)15-16-7-5-4-6-8-16/h4-10,13-14,18H,11-12,15H2,1-3H3,(H,24,26)/t18-/m0/s1. The molecule has 1 N–H and O–H groups in total. The van der Waals surface area contributed by atoms with Crippen molar-refractivity contribution in [3.05, 3.63) is 71.9 Å². The molecule has 28 heavy (non-hydrogen) atoms. The topological polar surface area (TPSA) is 66.8 Å². The molecule has 144 valence electrons. The average Bonchev–Trinajstić information content (AvgIpc) is 2.68. The van der Waals surface area contributed by atoms with Crippen molar-refractivity contribution in [1.29, 1.82) is 0 Å². The number of aromatic nitrogens is 4. The van der Waals surface area contributed by atoms with Gasteiger partial charge in [-0.1, -0.05) is 44.2 Å². The number of hydrogen-bond acceptors (Lipinski definition) is 6. The molecule has 0 saturated carbocycles. The molecule has 1 aliphatic rings. The summed E-state index contributed by atoms with van der Waals surface area (Å²) in [5.41, 5.74) is 3.66. The molecule has 6 nitrogen and oxygen atoms in total. The summed E-state index contributed by atoms with van der Waals surface area (Å²) in [5.74, 6) is 1.54. The van der Waals surface area contributed by atoms with Gasteiger partial charge in [-0.25, -0.2) is 15.0 Å². The van der Waals surface area contributed by atoms with Crippen molar-refractivity contribution in [3.8, 4) is 0 Å². The second kappa shape index (κ2) is 7.54. The van der Waals surface area contributed by atoms with Crippen molar-refractivity contribution in [2.75, 3.05) is 17.3 Å². The number of anilines is 2. The first-order chi connectivity index (χ1) is 13.5. The van der Waals surface area contributed by atoms with E-state index in [1.807, 2.05) is 19.3 Å². The maximum atomic E-state index is 4.94. The van der Waals surface area contributed by atoms with Crippen LogP contribution < -0.4 is 10.2 Å². The predicted octanol–water partition coefficient (Wildman–Crippen LogP) is 4.03. The molecule has 0 fully saturated rings. The van der Waals surface area contributed by atoms with Gasteiger partial charge in [0, 0.05) is 37.7 Å². The van der Waals surface area contributed by atoms with Crippen LogP contribution in [0.3, 0.4) is 0 Å². The molecular formula is C22H26N6. The first-order valence-corrected chi connectivity index (χ1v) is 9.64. The van der Waals surface area contributed by atoms with Crippen LogP contribution in [-0.2, 0) is 13.0 Å². The van der Waals surface area contributed by atoms with Crippen LogP contribution in [0.25, 0.3) is 0 Å². The summed E-state index contributed by atoms with van der Waals surface area (Å²) in [6.07, 6.45) is 9.05. The first-order valence-electron chi connectivity index (χ1n) is 9.64. The minimum Gasteiger partial charge on any atom is -0.362 e. The highest BCUT2D eigenvalue weighted by Gasteiger charge is 2.34. The van der Waals surface area contributed by atoms with Crippen molar-refractivity contribution in [2.24, 2.45) is 5.41 Å². The molecule has 1 atom stereocenters. The maximum absolute atomic E-state index is 4.94. The Morgan fingerprint density at radius 1 is 1.11 bits per heavy atom. The smallest absolute Gasteiger partial charge is 0.225 e. The van der Waals surface area contributed by atoms with Crippen LogP contribution in [0, 0.1) is 5.41 Å². The van der Waals surface area contributed by atoms with E-state index in [0.29, 0.717) is 0 Å². The van der Waals surface area contributed by atoms with Gasteiger partial charge in [-0.05, 0) is 23.8 Å². The highest BCUT2D eigenvalue weighted by atomic mass is 15.2. The van der Waals surface area contributed by atoms with E-state index in [1.54, 1.807) is 18.6 Å². The molecule has 4 rings (SSSR count). The lowest BCUT2D eigenvalue weighted by Gasteiger charge is -2.37. The third-order valence-corrected chi connectivity index (χ3v) is 5.15. The van der Waals surface area contributed by atoms with Crippen molar-refractivity contribution in [1.82, 2.24) is 19.9 Å². The monoisotopic (exact) mass is 374 g/mol. The molecule has 0 saturated heterocycles. The Labute approximate surface area is 166 Å². The number of rotatable bonds is 5. The summed E-state index contributed by atoms with van der Waals surface area (Å²) >= 11 is 0. The second-order valence-electron chi connectivity index (χ2n) is 8.25. The van der Waals surface area contributed by atoms with E-state index in [-0.39, 0.29) is 11.5 Å². The lowest BCUT2D eigenvalue weighted by atomic mass is 9.74. The number of hydrogen-bond donors (Lipinski definition) is 1. The Morgan fingerprint density at radius 2 is 1.93 bits per heavy atom. The van der Waals surface area contributed by atoms with Gasteiger partial charge in [0.2, 0.25) is 5.95 Å². The van der Waals surface area contributed by atoms with Crippen LogP contribution in [0.1, 0.15) is 43.1 Å². The molecule has 0 unspecified atom stereocenters.